The van der Waals surface area contributed by atoms with E-state index in [0.29, 0.717) is 5.56 Å². The number of hydrogen-bond donors (Lipinski definition) is 1. The zero-order valence-electron chi connectivity index (χ0n) is 8.59. The van der Waals surface area contributed by atoms with E-state index >= 15 is 0 Å². The van der Waals surface area contributed by atoms with Crippen LogP contribution in [0.3, 0.4) is 0 Å². The fraction of sp³-hybridized carbons (Fsp3) is 0. The Morgan fingerprint density at radius 2 is 1.62 bits per heavy atom. The third-order valence-corrected chi connectivity index (χ3v) is 2.31. The first-order valence-electron chi connectivity index (χ1n) is 4.88. The maximum Gasteiger partial charge on any atom is 0.356 e. The van der Waals surface area contributed by atoms with Gasteiger partial charge in [0, 0.05) is 0 Å². The summed E-state index contributed by atoms with van der Waals surface area (Å²) in [5, 5.41) is 0. The number of rotatable bonds is 2. The Labute approximate surface area is 93.4 Å². The molecular weight excluding hydrogens is 202 g/mol. The molecule has 80 valence electrons. The zero-order chi connectivity index (χ0) is 11.4. The molecule has 2 aromatic rings. The van der Waals surface area contributed by atoms with Crippen molar-refractivity contribution in [3.8, 4) is 11.1 Å². The second kappa shape index (κ2) is 4.59. The van der Waals surface area contributed by atoms with E-state index in [1.54, 1.807) is 18.2 Å². The lowest BCUT2D eigenvalue weighted by molar-refractivity contribution is 0.0503. The van der Waals surface area contributed by atoms with Crippen LogP contribution >= 0.6 is 0 Å². The third-order valence-electron chi connectivity index (χ3n) is 2.31. The van der Waals surface area contributed by atoms with E-state index in [4.69, 9.17) is 5.90 Å². The van der Waals surface area contributed by atoms with Crippen LogP contribution in [-0.4, -0.2) is 5.97 Å². The van der Waals surface area contributed by atoms with E-state index in [9.17, 15) is 4.79 Å². The number of hydrogen-bond acceptors (Lipinski definition) is 3. The Hall–Kier alpha value is -2.13. The summed E-state index contributed by atoms with van der Waals surface area (Å²) in [5.41, 5.74) is 2.46. The van der Waals surface area contributed by atoms with Crippen LogP contribution in [0.1, 0.15) is 10.4 Å². The summed E-state index contributed by atoms with van der Waals surface area (Å²) in [7, 11) is 0. The van der Waals surface area contributed by atoms with Gasteiger partial charge in [0.15, 0.2) is 0 Å². The topological polar surface area (TPSA) is 52.3 Å². The highest BCUT2D eigenvalue weighted by Crippen LogP contribution is 2.20. The van der Waals surface area contributed by atoms with Gasteiger partial charge in [-0.3, -0.25) is 0 Å². The van der Waals surface area contributed by atoms with E-state index in [1.807, 2.05) is 36.4 Å². The summed E-state index contributed by atoms with van der Waals surface area (Å²) < 4.78 is 0. The standard InChI is InChI=1S/C13H11NO2/c14-16-13(15)12-8-4-7-11(9-12)10-5-2-1-3-6-10/h1-9H,14H2. The van der Waals surface area contributed by atoms with Crippen molar-refractivity contribution in [2.75, 3.05) is 0 Å². The molecule has 0 atom stereocenters. The van der Waals surface area contributed by atoms with Gasteiger partial charge in [0.2, 0.25) is 0 Å². The van der Waals surface area contributed by atoms with Crippen LogP contribution in [0.25, 0.3) is 11.1 Å². The second-order valence-electron chi connectivity index (χ2n) is 3.35. The highest BCUT2D eigenvalue weighted by atomic mass is 16.7. The minimum absolute atomic E-state index is 0.448. The van der Waals surface area contributed by atoms with Crippen LogP contribution in [0, 0.1) is 0 Å². The van der Waals surface area contributed by atoms with E-state index in [2.05, 4.69) is 4.84 Å². The molecular formula is C13H11NO2. The minimum Gasteiger partial charge on any atom is -0.370 e. The first-order chi connectivity index (χ1) is 7.81. The summed E-state index contributed by atoms with van der Waals surface area (Å²) in [6.45, 7) is 0. The van der Waals surface area contributed by atoms with E-state index in [1.165, 1.54) is 0 Å². The highest BCUT2D eigenvalue weighted by molar-refractivity contribution is 5.90. The van der Waals surface area contributed by atoms with E-state index < -0.39 is 5.97 Å². The first kappa shape index (κ1) is 10.4. The Morgan fingerprint density at radius 1 is 0.938 bits per heavy atom. The molecule has 0 unspecified atom stereocenters. The maximum absolute atomic E-state index is 11.2. The molecule has 0 bridgehead atoms. The molecule has 2 aromatic carbocycles. The molecule has 0 amide bonds. The average Bonchev–Trinajstić information content (AvgIpc) is 2.39. The van der Waals surface area contributed by atoms with Crippen LogP contribution in [-0.2, 0) is 4.84 Å². The number of carbonyl (C=O) groups is 1. The average molecular weight is 213 g/mol. The van der Waals surface area contributed by atoms with Crippen molar-refractivity contribution in [2.24, 2.45) is 5.90 Å². The molecule has 0 radical (unpaired) electrons. The van der Waals surface area contributed by atoms with Gasteiger partial charge in [-0.25, -0.2) is 4.79 Å². The largest absolute Gasteiger partial charge is 0.370 e. The Bertz CT molecular complexity index is 494. The summed E-state index contributed by atoms with van der Waals surface area (Å²) in [4.78, 5) is 15.4. The van der Waals surface area contributed by atoms with Crippen molar-refractivity contribution in [2.45, 2.75) is 0 Å². The van der Waals surface area contributed by atoms with Crippen LogP contribution in [0.15, 0.2) is 54.6 Å². The predicted octanol–water partition coefficient (Wildman–Crippen LogP) is 2.38. The molecule has 2 N–H and O–H groups in total. The van der Waals surface area contributed by atoms with Crippen molar-refractivity contribution in [1.29, 1.82) is 0 Å². The normalized spacial score (nSPS) is 9.81. The van der Waals surface area contributed by atoms with Crippen molar-refractivity contribution >= 4 is 5.97 Å². The molecule has 16 heavy (non-hydrogen) atoms. The Morgan fingerprint density at radius 3 is 2.31 bits per heavy atom. The summed E-state index contributed by atoms with van der Waals surface area (Å²) in [6.07, 6.45) is 0. The molecule has 3 nitrogen and oxygen atoms in total. The molecule has 0 saturated carbocycles. The fourth-order valence-corrected chi connectivity index (χ4v) is 1.52. The maximum atomic E-state index is 11.2. The van der Waals surface area contributed by atoms with Gasteiger partial charge in [-0.15, -0.1) is 0 Å². The third kappa shape index (κ3) is 2.10. The van der Waals surface area contributed by atoms with Gasteiger partial charge in [-0.2, -0.15) is 5.90 Å². The zero-order valence-corrected chi connectivity index (χ0v) is 8.59. The van der Waals surface area contributed by atoms with Gasteiger partial charge in [-0.1, -0.05) is 42.5 Å². The molecule has 2 rings (SSSR count). The summed E-state index contributed by atoms with van der Waals surface area (Å²) in [5.74, 6) is 4.31. The monoisotopic (exact) mass is 213 g/mol. The molecule has 0 fully saturated rings. The van der Waals surface area contributed by atoms with E-state index in [-0.39, 0.29) is 0 Å². The number of nitrogens with two attached hydrogens (primary N) is 1. The van der Waals surface area contributed by atoms with Gasteiger partial charge in [0.05, 0.1) is 5.56 Å². The minimum atomic E-state index is -0.530. The number of carbonyl (C=O) groups excluding carboxylic acids is 1. The molecule has 0 saturated heterocycles. The lowest BCUT2D eigenvalue weighted by atomic mass is 10.0. The lowest BCUT2D eigenvalue weighted by Crippen LogP contribution is -2.09. The van der Waals surface area contributed by atoms with Crippen molar-refractivity contribution in [1.82, 2.24) is 0 Å². The lowest BCUT2D eigenvalue weighted by Gasteiger charge is -2.03. The number of benzene rings is 2. The van der Waals surface area contributed by atoms with Gasteiger partial charge in [0.1, 0.15) is 0 Å². The van der Waals surface area contributed by atoms with Crippen molar-refractivity contribution in [3.63, 3.8) is 0 Å². The SMILES string of the molecule is NOC(=O)c1cccc(-c2ccccc2)c1. The van der Waals surface area contributed by atoms with E-state index in [0.717, 1.165) is 11.1 Å². The quantitative estimate of drug-likeness (QED) is 0.779. The molecule has 0 aromatic heterocycles. The van der Waals surface area contributed by atoms with Crippen molar-refractivity contribution in [3.05, 3.63) is 60.2 Å². The molecule has 0 aliphatic carbocycles. The molecule has 0 aliphatic rings. The van der Waals surface area contributed by atoms with Gasteiger partial charge in [0.25, 0.3) is 0 Å². The Kier molecular flexibility index (Phi) is 2.98. The van der Waals surface area contributed by atoms with Crippen LogP contribution < -0.4 is 5.90 Å². The highest BCUT2D eigenvalue weighted by Gasteiger charge is 2.06. The molecule has 0 heterocycles. The molecule has 3 heteroatoms. The van der Waals surface area contributed by atoms with Gasteiger partial charge < -0.3 is 4.84 Å². The van der Waals surface area contributed by atoms with Crippen LogP contribution in [0.5, 0.6) is 0 Å². The first-order valence-corrected chi connectivity index (χ1v) is 4.88. The van der Waals surface area contributed by atoms with Crippen molar-refractivity contribution < 1.29 is 9.63 Å². The van der Waals surface area contributed by atoms with Crippen LogP contribution in [0.4, 0.5) is 0 Å². The fourth-order valence-electron chi connectivity index (χ4n) is 1.52. The summed E-state index contributed by atoms with van der Waals surface area (Å²) >= 11 is 0. The smallest absolute Gasteiger partial charge is 0.356 e. The van der Waals surface area contributed by atoms with Gasteiger partial charge >= 0.3 is 5.97 Å². The summed E-state index contributed by atoms with van der Waals surface area (Å²) in [6, 6.07) is 17.0. The molecule has 0 aliphatic heterocycles. The van der Waals surface area contributed by atoms with Gasteiger partial charge in [-0.05, 0) is 23.3 Å². The predicted molar refractivity (Wildman–Crippen MR) is 61.5 cm³/mol. The molecule has 0 spiro atoms. The van der Waals surface area contributed by atoms with Crippen LogP contribution in [0.2, 0.25) is 0 Å². The Balaban J connectivity index is 2.40. The second-order valence-corrected chi connectivity index (χ2v) is 3.35.